The van der Waals surface area contributed by atoms with Crippen molar-refractivity contribution in [2.45, 2.75) is 57.8 Å². The van der Waals surface area contributed by atoms with Crippen molar-refractivity contribution in [2.24, 2.45) is 5.92 Å². The van der Waals surface area contributed by atoms with Crippen LogP contribution < -0.4 is 0 Å². The standard InChI is InChI=1S/C16H32BrNO/c1-18(13-14-19-15-16-9-10-16)12-8-6-4-2-3-5-7-11-17/h16H,2-15H2,1H3. The third kappa shape index (κ3) is 11.9. The molecule has 1 rings (SSSR count). The van der Waals surface area contributed by atoms with Gasteiger partial charge in [0.2, 0.25) is 0 Å². The van der Waals surface area contributed by atoms with E-state index in [0.717, 1.165) is 25.7 Å². The molecule has 0 aromatic heterocycles. The Balaban J connectivity index is 1.72. The van der Waals surface area contributed by atoms with Gasteiger partial charge in [-0.1, -0.05) is 48.0 Å². The van der Waals surface area contributed by atoms with E-state index in [9.17, 15) is 0 Å². The van der Waals surface area contributed by atoms with Gasteiger partial charge in [-0.3, -0.25) is 0 Å². The smallest absolute Gasteiger partial charge is 0.0593 e. The Morgan fingerprint density at radius 2 is 1.58 bits per heavy atom. The number of unbranched alkanes of at least 4 members (excludes halogenated alkanes) is 6. The average Bonchev–Trinajstić information content (AvgIpc) is 3.22. The predicted octanol–water partition coefficient (Wildman–Crippen LogP) is 4.47. The summed E-state index contributed by atoms with van der Waals surface area (Å²) < 4.78 is 5.67. The minimum Gasteiger partial charge on any atom is -0.380 e. The molecule has 0 spiro atoms. The summed E-state index contributed by atoms with van der Waals surface area (Å²) in [6, 6.07) is 0. The van der Waals surface area contributed by atoms with E-state index in [1.807, 2.05) is 0 Å². The van der Waals surface area contributed by atoms with E-state index < -0.39 is 0 Å². The minimum absolute atomic E-state index is 0.898. The Bertz CT molecular complexity index is 197. The van der Waals surface area contributed by atoms with Crippen molar-refractivity contribution in [3.63, 3.8) is 0 Å². The van der Waals surface area contributed by atoms with Crippen LogP contribution in [0, 0.1) is 5.92 Å². The van der Waals surface area contributed by atoms with E-state index in [1.54, 1.807) is 0 Å². The van der Waals surface area contributed by atoms with Crippen LogP contribution in [-0.2, 0) is 4.74 Å². The van der Waals surface area contributed by atoms with Crippen molar-refractivity contribution in [2.75, 3.05) is 38.7 Å². The molecule has 0 bridgehead atoms. The Hall–Kier alpha value is 0.400. The molecule has 114 valence electrons. The number of ether oxygens (including phenoxy) is 1. The molecule has 0 aromatic rings. The molecule has 0 heterocycles. The summed E-state index contributed by atoms with van der Waals surface area (Å²) >= 11 is 3.48. The number of rotatable bonds is 14. The van der Waals surface area contributed by atoms with E-state index in [2.05, 4.69) is 27.9 Å². The lowest BCUT2D eigenvalue weighted by Gasteiger charge is -2.16. The molecule has 1 saturated carbocycles. The second-order valence-corrected chi connectivity index (χ2v) is 6.78. The lowest BCUT2D eigenvalue weighted by molar-refractivity contribution is 0.103. The van der Waals surface area contributed by atoms with Gasteiger partial charge >= 0.3 is 0 Å². The van der Waals surface area contributed by atoms with Crippen molar-refractivity contribution in [3.05, 3.63) is 0 Å². The van der Waals surface area contributed by atoms with Gasteiger partial charge in [0.25, 0.3) is 0 Å². The van der Waals surface area contributed by atoms with Crippen molar-refractivity contribution < 1.29 is 4.74 Å². The molecule has 0 aromatic carbocycles. The first-order valence-corrected chi connectivity index (χ1v) is 9.27. The fraction of sp³-hybridized carbons (Fsp3) is 1.00. The summed E-state index contributed by atoms with van der Waals surface area (Å²) in [4.78, 5) is 2.41. The lowest BCUT2D eigenvalue weighted by atomic mass is 10.1. The molecule has 0 amide bonds. The van der Waals surface area contributed by atoms with Crippen molar-refractivity contribution in [1.82, 2.24) is 4.90 Å². The quantitative estimate of drug-likeness (QED) is 0.343. The first-order chi connectivity index (χ1) is 9.33. The average molecular weight is 334 g/mol. The zero-order valence-corrected chi connectivity index (χ0v) is 14.3. The van der Waals surface area contributed by atoms with Gasteiger partial charge in [0.15, 0.2) is 0 Å². The molecule has 0 aliphatic heterocycles. The maximum absolute atomic E-state index is 5.67. The molecule has 0 unspecified atom stereocenters. The Morgan fingerprint density at radius 1 is 0.947 bits per heavy atom. The molecule has 0 atom stereocenters. The van der Waals surface area contributed by atoms with Crippen LogP contribution in [-0.4, -0.2) is 43.6 Å². The lowest BCUT2D eigenvalue weighted by Crippen LogP contribution is -2.24. The van der Waals surface area contributed by atoms with Gasteiger partial charge in [-0.2, -0.15) is 0 Å². The van der Waals surface area contributed by atoms with Gasteiger partial charge < -0.3 is 9.64 Å². The highest BCUT2D eigenvalue weighted by molar-refractivity contribution is 9.09. The molecular formula is C16H32BrNO. The maximum Gasteiger partial charge on any atom is 0.0593 e. The van der Waals surface area contributed by atoms with Crippen LogP contribution >= 0.6 is 15.9 Å². The van der Waals surface area contributed by atoms with Crippen LogP contribution in [0.4, 0.5) is 0 Å². The highest BCUT2D eigenvalue weighted by atomic mass is 79.9. The van der Waals surface area contributed by atoms with Crippen LogP contribution in [0.3, 0.4) is 0 Å². The molecule has 1 aliphatic rings. The highest BCUT2D eigenvalue weighted by Crippen LogP contribution is 2.28. The zero-order valence-electron chi connectivity index (χ0n) is 12.7. The van der Waals surface area contributed by atoms with Crippen molar-refractivity contribution in [3.8, 4) is 0 Å². The van der Waals surface area contributed by atoms with E-state index in [-0.39, 0.29) is 0 Å². The van der Waals surface area contributed by atoms with E-state index in [1.165, 1.54) is 69.7 Å². The molecule has 1 aliphatic carbocycles. The van der Waals surface area contributed by atoms with Crippen molar-refractivity contribution >= 4 is 15.9 Å². The SMILES string of the molecule is CN(CCCCCCCCCBr)CCOCC1CC1. The Labute approximate surface area is 128 Å². The molecular weight excluding hydrogens is 302 g/mol. The number of hydrogen-bond acceptors (Lipinski definition) is 2. The summed E-state index contributed by atoms with van der Waals surface area (Å²) in [5, 5.41) is 1.17. The van der Waals surface area contributed by atoms with Crippen LogP contribution in [0.25, 0.3) is 0 Å². The zero-order chi connectivity index (χ0) is 13.8. The Kier molecular flexibility index (Phi) is 11.2. The summed E-state index contributed by atoms with van der Waals surface area (Å²) in [7, 11) is 2.22. The van der Waals surface area contributed by atoms with Gasteiger partial charge in [-0.25, -0.2) is 0 Å². The highest BCUT2D eigenvalue weighted by Gasteiger charge is 2.20. The van der Waals surface area contributed by atoms with Gasteiger partial charge in [0.1, 0.15) is 0 Å². The van der Waals surface area contributed by atoms with Crippen LogP contribution in [0.5, 0.6) is 0 Å². The van der Waals surface area contributed by atoms with Crippen LogP contribution in [0.1, 0.15) is 57.8 Å². The summed E-state index contributed by atoms with van der Waals surface area (Å²) in [6.45, 7) is 4.24. The third-order valence-corrected chi connectivity index (χ3v) is 4.40. The molecule has 3 heteroatoms. The van der Waals surface area contributed by atoms with Gasteiger partial charge in [-0.15, -0.1) is 0 Å². The molecule has 0 radical (unpaired) electrons. The molecule has 19 heavy (non-hydrogen) atoms. The second kappa shape index (κ2) is 12.2. The molecule has 1 fully saturated rings. The number of hydrogen-bond donors (Lipinski definition) is 0. The van der Waals surface area contributed by atoms with Gasteiger partial charge in [-0.05, 0) is 45.2 Å². The second-order valence-electron chi connectivity index (χ2n) is 5.99. The van der Waals surface area contributed by atoms with Gasteiger partial charge in [0, 0.05) is 18.5 Å². The van der Waals surface area contributed by atoms with E-state index >= 15 is 0 Å². The van der Waals surface area contributed by atoms with E-state index in [4.69, 9.17) is 4.74 Å². The first-order valence-electron chi connectivity index (χ1n) is 8.15. The normalized spacial score (nSPS) is 15.3. The number of alkyl halides is 1. The van der Waals surface area contributed by atoms with E-state index in [0.29, 0.717) is 0 Å². The summed E-state index contributed by atoms with van der Waals surface area (Å²) in [6.07, 6.45) is 12.5. The van der Waals surface area contributed by atoms with Crippen molar-refractivity contribution in [1.29, 1.82) is 0 Å². The number of halogens is 1. The topological polar surface area (TPSA) is 12.5 Å². The fourth-order valence-corrected chi connectivity index (χ4v) is 2.62. The van der Waals surface area contributed by atoms with Crippen LogP contribution in [0.2, 0.25) is 0 Å². The number of likely N-dealkylation sites (N-methyl/N-ethyl adjacent to an activating group) is 1. The molecule has 2 nitrogen and oxygen atoms in total. The number of nitrogens with zero attached hydrogens (tertiary/aromatic N) is 1. The molecule has 0 N–H and O–H groups in total. The summed E-state index contributed by atoms with van der Waals surface area (Å²) in [5.41, 5.74) is 0. The third-order valence-electron chi connectivity index (χ3n) is 3.84. The predicted molar refractivity (Wildman–Crippen MR) is 87.2 cm³/mol. The molecule has 0 saturated heterocycles. The van der Waals surface area contributed by atoms with Gasteiger partial charge in [0.05, 0.1) is 6.61 Å². The monoisotopic (exact) mass is 333 g/mol. The summed E-state index contributed by atoms with van der Waals surface area (Å²) in [5.74, 6) is 0.898. The fourth-order valence-electron chi connectivity index (χ4n) is 2.23. The maximum atomic E-state index is 5.67. The largest absolute Gasteiger partial charge is 0.380 e. The Morgan fingerprint density at radius 3 is 2.21 bits per heavy atom. The first kappa shape index (κ1) is 17.5. The minimum atomic E-state index is 0.898. The van der Waals surface area contributed by atoms with Crippen LogP contribution in [0.15, 0.2) is 0 Å².